The van der Waals surface area contributed by atoms with Crippen LogP contribution in [0.3, 0.4) is 0 Å². The predicted molar refractivity (Wildman–Crippen MR) is 125 cm³/mol. The lowest BCUT2D eigenvalue weighted by Gasteiger charge is -2.25. The van der Waals surface area contributed by atoms with E-state index in [4.69, 9.17) is 4.74 Å². The van der Waals surface area contributed by atoms with E-state index in [0.717, 1.165) is 23.1 Å². The van der Waals surface area contributed by atoms with Gasteiger partial charge in [0, 0.05) is 24.5 Å². The third-order valence-corrected chi connectivity index (χ3v) is 5.61. The summed E-state index contributed by atoms with van der Waals surface area (Å²) in [6.07, 6.45) is 4.21. The molecule has 33 heavy (non-hydrogen) atoms. The maximum atomic E-state index is 13.1. The van der Waals surface area contributed by atoms with Crippen molar-refractivity contribution < 1.29 is 19.4 Å². The molecule has 1 aromatic heterocycles. The first-order valence-electron chi connectivity index (χ1n) is 11.0. The molecule has 0 saturated carbocycles. The number of aromatic nitrogens is 1. The van der Waals surface area contributed by atoms with Gasteiger partial charge in [-0.3, -0.25) is 14.6 Å². The van der Waals surface area contributed by atoms with Gasteiger partial charge in [-0.05, 0) is 54.8 Å². The lowest BCUT2D eigenvalue weighted by atomic mass is 9.94. The van der Waals surface area contributed by atoms with Gasteiger partial charge in [0.05, 0.1) is 18.2 Å². The number of aliphatic hydroxyl groups is 1. The molecule has 1 atom stereocenters. The van der Waals surface area contributed by atoms with Gasteiger partial charge in [-0.25, -0.2) is 0 Å². The third-order valence-electron chi connectivity index (χ3n) is 5.61. The van der Waals surface area contributed by atoms with Crippen LogP contribution in [0.5, 0.6) is 5.75 Å². The molecule has 2 aromatic carbocycles. The Kier molecular flexibility index (Phi) is 6.54. The minimum Gasteiger partial charge on any atom is -0.507 e. The van der Waals surface area contributed by atoms with Crippen molar-refractivity contribution >= 4 is 17.4 Å². The molecule has 1 amide bonds. The number of amides is 1. The van der Waals surface area contributed by atoms with Gasteiger partial charge in [-0.2, -0.15) is 0 Å². The number of rotatable bonds is 7. The molecule has 2 heterocycles. The number of hydrogen-bond donors (Lipinski definition) is 1. The summed E-state index contributed by atoms with van der Waals surface area (Å²) in [6.45, 7) is 4.80. The molecule has 0 spiro atoms. The molecule has 0 radical (unpaired) electrons. The highest BCUT2D eigenvalue weighted by Crippen LogP contribution is 2.40. The van der Waals surface area contributed by atoms with Crippen molar-refractivity contribution in [2.75, 3.05) is 6.61 Å². The molecule has 0 aliphatic carbocycles. The lowest BCUT2D eigenvalue weighted by molar-refractivity contribution is -0.140. The Labute approximate surface area is 193 Å². The molecule has 4 rings (SSSR count). The van der Waals surface area contributed by atoms with Crippen LogP contribution in [0.4, 0.5) is 0 Å². The number of aliphatic hydroxyl groups excluding tert-OH is 1. The van der Waals surface area contributed by atoms with E-state index in [1.807, 2.05) is 44.2 Å². The first kappa shape index (κ1) is 22.3. The second kappa shape index (κ2) is 9.69. The average Bonchev–Trinajstić information content (AvgIpc) is 3.08. The molecule has 1 saturated heterocycles. The lowest BCUT2D eigenvalue weighted by Crippen LogP contribution is -2.29. The molecule has 6 heteroatoms. The summed E-state index contributed by atoms with van der Waals surface area (Å²) < 4.78 is 5.61. The first-order valence-corrected chi connectivity index (χ1v) is 11.0. The largest absolute Gasteiger partial charge is 0.507 e. The van der Waals surface area contributed by atoms with Gasteiger partial charge < -0.3 is 14.7 Å². The molecular formula is C27H26N2O4. The summed E-state index contributed by atoms with van der Waals surface area (Å²) in [5, 5.41) is 11.2. The summed E-state index contributed by atoms with van der Waals surface area (Å²) in [7, 11) is 0. The van der Waals surface area contributed by atoms with E-state index in [0.29, 0.717) is 17.9 Å². The number of pyridine rings is 1. The Morgan fingerprint density at radius 3 is 2.42 bits per heavy atom. The van der Waals surface area contributed by atoms with Gasteiger partial charge in [-0.15, -0.1) is 0 Å². The molecule has 1 fully saturated rings. The topological polar surface area (TPSA) is 79.7 Å². The van der Waals surface area contributed by atoms with E-state index in [2.05, 4.69) is 4.98 Å². The highest BCUT2D eigenvalue weighted by molar-refractivity contribution is 6.46. The van der Waals surface area contributed by atoms with E-state index >= 15 is 0 Å². The minimum absolute atomic E-state index is 0.0787. The van der Waals surface area contributed by atoms with Crippen LogP contribution in [0.25, 0.3) is 5.76 Å². The van der Waals surface area contributed by atoms with E-state index in [9.17, 15) is 14.7 Å². The second-order valence-electron chi connectivity index (χ2n) is 8.07. The van der Waals surface area contributed by atoms with Gasteiger partial charge in [0.25, 0.3) is 11.7 Å². The summed E-state index contributed by atoms with van der Waals surface area (Å²) in [4.78, 5) is 31.8. The number of benzene rings is 2. The van der Waals surface area contributed by atoms with Crippen molar-refractivity contribution in [3.8, 4) is 5.75 Å². The van der Waals surface area contributed by atoms with Crippen LogP contribution in [-0.4, -0.2) is 33.3 Å². The first-order chi connectivity index (χ1) is 16.0. The SMILES string of the molecule is CCCOc1ccc(/C(O)=C2/C(=O)C(=O)N(Cc3cccnc3)C2c2ccc(C)cc2)cc1. The zero-order valence-electron chi connectivity index (χ0n) is 18.7. The van der Waals surface area contributed by atoms with Crippen LogP contribution in [0.2, 0.25) is 0 Å². The molecule has 6 nitrogen and oxygen atoms in total. The molecule has 168 valence electrons. The van der Waals surface area contributed by atoms with Crippen LogP contribution in [-0.2, 0) is 16.1 Å². The third kappa shape index (κ3) is 4.65. The second-order valence-corrected chi connectivity index (χ2v) is 8.07. The Hall–Kier alpha value is -3.93. The summed E-state index contributed by atoms with van der Waals surface area (Å²) in [5.74, 6) is -0.864. The van der Waals surface area contributed by atoms with Crippen molar-refractivity contribution in [2.24, 2.45) is 0 Å². The van der Waals surface area contributed by atoms with Crippen molar-refractivity contribution in [3.63, 3.8) is 0 Å². The van der Waals surface area contributed by atoms with Crippen molar-refractivity contribution in [1.29, 1.82) is 0 Å². The number of carbonyl (C=O) groups excluding carboxylic acids is 2. The zero-order valence-corrected chi connectivity index (χ0v) is 18.7. The van der Waals surface area contributed by atoms with Crippen molar-refractivity contribution in [3.05, 3.63) is 101 Å². The van der Waals surface area contributed by atoms with Crippen LogP contribution in [0.15, 0.2) is 78.6 Å². The van der Waals surface area contributed by atoms with E-state index in [1.54, 1.807) is 42.7 Å². The average molecular weight is 443 g/mol. The smallest absolute Gasteiger partial charge is 0.295 e. The van der Waals surface area contributed by atoms with E-state index in [1.165, 1.54) is 4.90 Å². The Morgan fingerprint density at radius 1 is 1.06 bits per heavy atom. The van der Waals surface area contributed by atoms with Crippen LogP contribution >= 0.6 is 0 Å². The van der Waals surface area contributed by atoms with E-state index < -0.39 is 17.7 Å². The molecule has 1 unspecified atom stereocenters. The van der Waals surface area contributed by atoms with Gasteiger partial charge in [0.15, 0.2) is 0 Å². The zero-order chi connectivity index (χ0) is 23.4. The minimum atomic E-state index is -0.707. The van der Waals surface area contributed by atoms with Crippen LogP contribution < -0.4 is 4.74 Å². The van der Waals surface area contributed by atoms with Gasteiger partial charge in [0.1, 0.15) is 11.5 Å². The molecule has 1 aliphatic rings. The Balaban J connectivity index is 1.78. The Morgan fingerprint density at radius 2 is 1.79 bits per heavy atom. The van der Waals surface area contributed by atoms with E-state index in [-0.39, 0.29) is 17.9 Å². The number of Topliss-reactive ketones (excluding diaryl/α,β-unsaturated/α-hetero) is 1. The molecule has 3 aromatic rings. The normalized spacial score (nSPS) is 17.4. The van der Waals surface area contributed by atoms with Crippen molar-refractivity contribution in [1.82, 2.24) is 9.88 Å². The highest BCUT2D eigenvalue weighted by Gasteiger charge is 2.46. The molecule has 1 N–H and O–H groups in total. The molecule has 1 aliphatic heterocycles. The fourth-order valence-electron chi connectivity index (χ4n) is 3.91. The molecule has 0 bridgehead atoms. The van der Waals surface area contributed by atoms with Gasteiger partial charge in [0.2, 0.25) is 0 Å². The number of hydrogen-bond acceptors (Lipinski definition) is 5. The number of aryl methyl sites for hydroxylation is 1. The van der Waals surface area contributed by atoms with Crippen molar-refractivity contribution in [2.45, 2.75) is 32.9 Å². The fourth-order valence-corrected chi connectivity index (χ4v) is 3.91. The number of ketones is 1. The van der Waals surface area contributed by atoms with Gasteiger partial charge >= 0.3 is 0 Å². The number of carbonyl (C=O) groups is 2. The standard InChI is InChI=1S/C27H26N2O4/c1-3-15-33-22-12-10-21(11-13-22)25(30)23-24(20-8-6-18(2)7-9-20)29(27(32)26(23)31)17-19-5-4-14-28-16-19/h4-14,16,24,30H,3,15,17H2,1-2H3/b25-23-. The van der Waals surface area contributed by atoms with Crippen LogP contribution in [0.1, 0.15) is 41.6 Å². The quantitative estimate of drug-likeness (QED) is 0.323. The maximum absolute atomic E-state index is 13.1. The molecular weight excluding hydrogens is 416 g/mol. The number of likely N-dealkylation sites (tertiary alicyclic amines) is 1. The predicted octanol–water partition coefficient (Wildman–Crippen LogP) is 4.80. The number of ether oxygens (including phenoxy) is 1. The highest BCUT2D eigenvalue weighted by atomic mass is 16.5. The van der Waals surface area contributed by atoms with Gasteiger partial charge in [-0.1, -0.05) is 42.8 Å². The monoisotopic (exact) mass is 442 g/mol. The Bertz CT molecular complexity index is 1170. The fraction of sp³-hybridized carbons (Fsp3) is 0.222. The summed E-state index contributed by atoms with van der Waals surface area (Å²) >= 11 is 0. The summed E-state index contributed by atoms with van der Waals surface area (Å²) in [6, 6.07) is 17.5. The maximum Gasteiger partial charge on any atom is 0.295 e. The van der Waals surface area contributed by atoms with Crippen LogP contribution in [0, 0.1) is 6.92 Å². The number of nitrogens with zero attached hydrogens (tertiary/aromatic N) is 2. The summed E-state index contributed by atoms with van der Waals surface area (Å²) in [5.41, 5.74) is 3.15.